The Morgan fingerprint density at radius 1 is 1.08 bits per heavy atom. The summed E-state index contributed by atoms with van der Waals surface area (Å²) in [4.78, 5) is 29.6. The van der Waals surface area contributed by atoms with E-state index in [0.717, 1.165) is 53.5 Å². The zero-order valence-electron chi connectivity index (χ0n) is 19.8. The molecule has 0 saturated heterocycles. The number of imidazole rings is 1. The Morgan fingerprint density at radius 2 is 1.89 bits per heavy atom. The van der Waals surface area contributed by atoms with E-state index in [-0.39, 0.29) is 22.9 Å². The SMILES string of the molecule is Cn1cc(-c2ccn3c(C(=O)N[C@H]4CC5(C4)C[C@H](c4n[nH]c(=O)c6ccccc64)C5)cnc3c2)cn1. The predicted octanol–water partition coefficient (Wildman–Crippen LogP) is 3.43. The second-order valence-corrected chi connectivity index (χ2v) is 10.4. The lowest BCUT2D eigenvalue weighted by molar-refractivity contribution is -0.0197. The number of benzene rings is 1. The molecule has 1 spiro atoms. The highest BCUT2D eigenvalue weighted by Gasteiger charge is 2.54. The van der Waals surface area contributed by atoms with E-state index in [1.807, 2.05) is 66.4 Å². The first-order chi connectivity index (χ1) is 17.5. The zero-order chi connectivity index (χ0) is 24.4. The number of amides is 1. The maximum atomic E-state index is 13.0. The minimum atomic E-state index is -0.143. The first-order valence-corrected chi connectivity index (χ1v) is 12.2. The van der Waals surface area contributed by atoms with E-state index in [4.69, 9.17) is 0 Å². The number of aromatic amines is 1. The molecule has 0 atom stereocenters. The van der Waals surface area contributed by atoms with Crippen LogP contribution in [0.2, 0.25) is 0 Å². The molecule has 9 nitrogen and oxygen atoms in total. The Kier molecular flexibility index (Phi) is 4.45. The Labute approximate surface area is 206 Å². The van der Waals surface area contributed by atoms with Crippen LogP contribution in [-0.2, 0) is 7.05 Å². The summed E-state index contributed by atoms with van der Waals surface area (Å²) in [6, 6.07) is 11.8. The summed E-state index contributed by atoms with van der Waals surface area (Å²) in [5.74, 6) is 0.247. The van der Waals surface area contributed by atoms with Gasteiger partial charge in [0.25, 0.3) is 11.5 Å². The van der Waals surface area contributed by atoms with E-state index in [1.165, 1.54) is 0 Å². The molecule has 0 aliphatic heterocycles. The monoisotopic (exact) mass is 479 g/mol. The highest BCUT2D eigenvalue weighted by atomic mass is 16.2. The number of aromatic nitrogens is 6. The Bertz CT molecular complexity index is 1700. The molecular weight excluding hydrogens is 454 g/mol. The van der Waals surface area contributed by atoms with Gasteiger partial charge in [0.1, 0.15) is 11.3 Å². The van der Waals surface area contributed by atoms with Gasteiger partial charge in [0.15, 0.2) is 0 Å². The van der Waals surface area contributed by atoms with Crippen molar-refractivity contribution in [2.24, 2.45) is 12.5 Å². The number of hydrogen-bond acceptors (Lipinski definition) is 5. The van der Waals surface area contributed by atoms with Crippen molar-refractivity contribution in [1.82, 2.24) is 34.7 Å². The van der Waals surface area contributed by atoms with Crippen LogP contribution < -0.4 is 10.9 Å². The van der Waals surface area contributed by atoms with Crippen molar-refractivity contribution >= 4 is 22.3 Å². The van der Waals surface area contributed by atoms with Crippen molar-refractivity contribution < 1.29 is 4.79 Å². The van der Waals surface area contributed by atoms with Crippen LogP contribution in [0.25, 0.3) is 27.5 Å². The van der Waals surface area contributed by atoms with Crippen LogP contribution in [0.1, 0.15) is 47.8 Å². The van der Waals surface area contributed by atoms with Gasteiger partial charge in [0.2, 0.25) is 0 Å². The van der Waals surface area contributed by atoms with Gasteiger partial charge in [-0.2, -0.15) is 10.2 Å². The molecule has 1 aromatic carbocycles. The van der Waals surface area contributed by atoms with Gasteiger partial charge in [-0.05, 0) is 54.9 Å². The van der Waals surface area contributed by atoms with Gasteiger partial charge in [-0.15, -0.1) is 0 Å². The third-order valence-electron chi connectivity index (χ3n) is 7.95. The quantitative estimate of drug-likeness (QED) is 0.410. The lowest BCUT2D eigenvalue weighted by Gasteiger charge is -2.57. The number of hydrogen-bond donors (Lipinski definition) is 2. The maximum absolute atomic E-state index is 13.0. The first-order valence-electron chi connectivity index (χ1n) is 12.2. The second-order valence-electron chi connectivity index (χ2n) is 10.4. The summed E-state index contributed by atoms with van der Waals surface area (Å²) in [5.41, 5.74) is 4.40. The smallest absolute Gasteiger partial charge is 0.272 e. The molecule has 2 N–H and O–H groups in total. The third kappa shape index (κ3) is 3.26. The van der Waals surface area contributed by atoms with E-state index in [1.54, 1.807) is 10.9 Å². The van der Waals surface area contributed by atoms with E-state index < -0.39 is 0 Å². The Balaban J connectivity index is 1.01. The van der Waals surface area contributed by atoms with Crippen LogP contribution in [0.5, 0.6) is 0 Å². The van der Waals surface area contributed by atoms with Crippen molar-refractivity contribution in [1.29, 1.82) is 0 Å². The summed E-state index contributed by atoms with van der Waals surface area (Å²) in [6.07, 6.45) is 11.3. The number of aryl methyl sites for hydroxylation is 1. The van der Waals surface area contributed by atoms with Crippen LogP contribution in [0, 0.1) is 5.41 Å². The third-order valence-corrected chi connectivity index (χ3v) is 7.95. The summed E-state index contributed by atoms with van der Waals surface area (Å²) in [6.45, 7) is 0. The normalized spacial score (nSPS) is 23.0. The van der Waals surface area contributed by atoms with Gasteiger partial charge < -0.3 is 5.32 Å². The molecule has 0 radical (unpaired) electrons. The molecule has 7 rings (SSSR count). The number of rotatable bonds is 4. The molecule has 0 unspecified atom stereocenters. The van der Waals surface area contributed by atoms with Crippen molar-refractivity contribution in [2.45, 2.75) is 37.6 Å². The van der Waals surface area contributed by atoms with Crippen LogP contribution in [0.3, 0.4) is 0 Å². The highest BCUT2D eigenvalue weighted by molar-refractivity contribution is 5.93. The fourth-order valence-electron chi connectivity index (χ4n) is 6.20. The topological polar surface area (TPSA) is 110 Å². The Hall–Kier alpha value is -4.27. The average molecular weight is 480 g/mol. The average Bonchev–Trinajstić information content (AvgIpc) is 3.46. The van der Waals surface area contributed by atoms with Crippen molar-refractivity contribution in [3.8, 4) is 11.1 Å². The minimum Gasteiger partial charge on any atom is -0.348 e. The molecule has 9 heteroatoms. The number of pyridine rings is 1. The van der Waals surface area contributed by atoms with Crippen LogP contribution in [-0.4, -0.2) is 41.3 Å². The first kappa shape index (κ1) is 21.0. The highest BCUT2D eigenvalue weighted by Crippen LogP contribution is 2.62. The summed E-state index contributed by atoms with van der Waals surface area (Å²) in [5, 5.41) is 16.1. The van der Waals surface area contributed by atoms with Gasteiger partial charge in [-0.3, -0.25) is 18.7 Å². The fourth-order valence-corrected chi connectivity index (χ4v) is 6.20. The largest absolute Gasteiger partial charge is 0.348 e. The van der Waals surface area contributed by atoms with Gasteiger partial charge in [-0.25, -0.2) is 10.1 Å². The molecule has 0 bridgehead atoms. The lowest BCUT2D eigenvalue weighted by Crippen LogP contribution is -2.55. The van der Waals surface area contributed by atoms with Crippen LogP contribution in [0.15, 0.2) is 66.0 Å². The number of carbonyl (C=O) groups is 1. The van der Waals surface area contributed by atoms with Gasteiger partial charge in [0.05, 0.1) is 23.5 Å². The van der Waals surface area contributed by atoms with Crippen molar-refractivity contribution in [3.05, 3.63) is 82.9 Å². The number of nitrogens with one attached hydrogen (secondary N) is 2. The molecule has 4 aromatic heterocycles. The van der Waals surface area contributed by atoms with Crippen LogP contribution in [0.4, 0.5) is 0 Å². The maximum Gasteiger partial charge on any atom is 0.272 e. The van der Waals surface area contributed by atoms with Gasteiger partial charge in [-0.1, -0.05) is 18.2 Å². The Morgan fingerprint density at radius 3 is 2.67 bits per heavy atom. The molecule has 2 fully saturated rings. The van der Waals surface area contributed by atoms with Crippen LogP contribution >= 0.6 is 0 Å². The lowest BCUT2D eigenvalue weighted by atomic mass is 9.49. The van der Waals surface area contributed by atoms with E-state index >= 15 is 0 Å². The van der Waals surface area contributed by atoms with Crippen molar-refractivity contribution in [3.63, 3.8) is 0 Å². The molecule has 4 heterocycles. The van der Waals surface area contributed by atoms with Crippen molar-refractivity contribution in [2.75, 3.05) is 0 Å². The van der Waals surface area contributed by atoms with E-state index in [0.29, 0.717) is 17.0 Å². The zero-order valence-corrected chi connectivity index (χ0v) is 19.8. The fraction of sp³-hybridized carbons (Fsp3) is 0.296. The minimum absolute atomic E-state index is 0.0966. The standard InChI is InChI=1S/C27H25N7O2/c1-33-15-18(13-29-33)16-6-7-34-22(14-28-23(34)8-16)26(36)30-19-11-27(12-19)9-17(10-27)24-20-4-2-3-5-21(20)25(35)32-31-24/h2-8,13-15,17,19H,9-12H2,1H3,(H,30,36)(H,32,35)/t17-,19-,27?. The molecule has 1 amide bonds. The second kappa shape index (κ2) is 7.61. The number of H-pyrrole nitrogens is 1. The van der Waals surface area contributed by atoms with Gasteiger partial charge >= 0.3 is 0 Å². The molecule has 2 saturated carbocycles. The predicted molar refractivity (Wildman–Crippen MR) is 135 cm³/mol. The molecule has 2 aliphatic carbocycles. The molecular formula is C27H25N7O2. The molecule has 36 heavy (non-hydrogen) atoms. The molecule has 5 aromatic rings. The summed E-state index contributed by atoms with van der Waals surface area (Å²) >= 11 is 0. The van der Waals surface area contributed by atoms with E-state index in [2.05, 4.69) is 25.6 Å². The van der Waals surface area contributed by atoms with Gasteiger partial charge in [0, 0.05) is 42.4 Å². The molecule has 2 aliphatic rings. The number of nitrogens with zero attached hydrogens (tertiary/aromatic N) is 5. The number of fused-ring (bicyclic) bond motifs is 2. The number of carbonyl (C=O) groups excluding carboxylic acids is 1. The van der Waals surface area contributed by atoms with E-state index in [9.17, 15) is 9.59 Å². The summed E-state index contributed by atoms with van der Waals surface area (Å²) < 4.78 is 3.59. The molecule has 180 valence electrons. The summed E-state index contributed by atoms with van der Waals surface area (Å²) in [7, 11) is 1.89.